The van der Waals surface area contributed by atoms with Gasteiger partial charge in [0.15, 0.2) is 0 Å². The Morgan fingerprint density at radius 3 is 2.76 bits per heavy atom. The van der Waals surface area contributed by atoms with Crippen molar-refractivity contribution in [2.75, 3.05) is 11.9 Å². The van der Waals surface area contributed by atoms with Crippen LogP contribution in [0.1, 0.15) is 18.5 Å². The summed E-state index contributed by atoms with van der Waals surface area (Å²) in [5.74, 6) is 0.573. The van der Waals surface area contributed by atoms with Gasteiger partial charge in [0.2, 0.25) is 5.91 Å². The summed E-state index contributed by atoms with van der Waals surface area (Å²) in [6.45, 7) is 1.93. The minimum Gasteiger partial charge on any atom is -0.369 e. The Kier molecular flexibility index (Phi) is 3.24. The molecule has 0 aromatic carbocycles. The maximum Gasteiger partial charge on any atom is 0.220 e. The van der Waals surface area contributed by atoms with Crippen molar-refractivity contribution in [2.24, 2.45) is 11.7 Å². The molecule has 0 saturated heterocycles. The standard InChI is InChI=1S/C12H16ClN3O/c1-7-3-4-10(13)12(15-7)16(2)9-5-8(6-9)11(14)17/h3-4,8-9H,5-6H2,1-2H3,(H2,14,17). The van der Waals surface area contributed by atoms with Crippen LogP contribution in [0.25, 0.3) is 0 Å². The molecule has 1 amide bonds. The highest BCUT2D eigenvalue weighted by molar-refractivity contribution is 6.32. The average Bonchev–Trinajstić information content (AvgIpc) is 2.18. The van der Waals surface area contributed by atoms with Gasteiger partial charge in [0, 0.05) is 24.7 Å². The first-order valence-corrected chi connectivity index (χ1v) is 6.02. The van der Waals surface area contributed by atoms with Crippen molar-refractivity contribution in [3.8, 4) is 0 Å². The number of halogens is 1. The summed E-state index contributed by atoms with van der Waals surface area (Å²) < 4.78 is 0. The minimum atomic E-state index is -0.210. The van der Waals surface area contributed by atoms with Crippen LogP contribution in [0.4, 0.5) is 5.82 Å². The molecule has 2 rings (SSSR count). The maximum absolute atomic E-state index is 11.0. The van der Waals surface area contributed by atoms with E-state index in [4.69, 9.17) is 17.3 Å². The maximum atomic E-state index is 11.0. The Morgan fingerprint density at radius 2 is 2.18 bits per heavy atom. The lowest BCUT2D eigenvalue weighted by Gasteiger charge is -2.40. The molecule has 1 saturated carbocycles. The Morgan fingerprint density at radius 1 is 1.53 bits per heavy atom. The summed E-state index contributed by atoms with van der Waals surface area (Å²) in [4.78, 5) is 17.4. The molecule has 2 N–H and O–H groups in total. The molecule has 0 radical (unpaired) electrons. The largest absolute Gasteiger partial charge is 0.369 e. The van der Waals surface area contributed by atoms with Crippen molar-refractivity contribution in [3.63, 3.8) is 0 Å². The van der Waals surface area contributed by atoms with Gasteiger partial charge in [0.05, 0.1) is 5.02 Å². The van der Waals surface area contributed by atoms with Gasteiger partial charge in [-0.05, 0) is 31.9 Å². The zero-order chi connectivity index (χ0) is 12.6. The molecule has 1 aromatic heterocycles. The number of nitrogens with two attached hydrogens (primary N) is 1. The molecule has 0 atom stereocenters. The normalized spacial score (nSPS) is 23.0. The molecule has 0 bridgehead atoms. The van der Waals surface area contributed by atoms with Crippen LogP contribution in [0, 0.1) is 12.8 Å². The number of aryl methyl sites for hydroxylation is 1. The first-order chi connectivity index (χ1) is 7.99. The second kappa shape index (κ2) is 4.53. The third kappa shape index (κ3) is 2.36. The lowest BCUT2D eigenvalue weighted by atomic mass is 9.79. The van der Waals surface area contributed by atoms with Crippen molar-refractivity contribution in [3.05, 3.63) is 22.8 Å². The van der Waals surface area contributed by atoms with E-state index in [-0.39, 0.29) is 11.8 Å². The number of primary amides is 1. The number of hydrogen-bond acceptors (Lipinski definition) is 3. The number of nitrogens with zero attached hydrogens (tertiary/aromatic N) is 2. The lowest BCUT2D eigenvalue weighted by molar-refractivity contribution is -0.124. The summed E-state index contributed by atoms with van der Waals surface area (Å²) in [6, 6.07) is 4.03. The number of rotatable bonds is 3. The van der Waals surface area contributed by atoms with E-state index < -0.39 is 0 Å². The molecule has 1 aliphatic rings. The summed E-state index contributed by atoms with van der Waals surface area (Å²) in [5, 5.41) is 0.639. The van der Waals surface area contributed by atoms with Gasteiger partial charge in [0.25, 0.3) is 0 Å². The van der Waals surface area contributed by atoms with Gasteiger partial charge < -0.3 is 10.6 Å². The van der Waals surface area contributed by atoms with Crippen LogP contribution < -0.4 is 10.6 Å². The number of carbonyl (C=O) groups is 1. The van der Waals surface area contributed by atoms with Gasteiger partial charge in [0.1, 0.15) is 5.82 Å². The smallest absolute Gasteiger partial charge is 0.220 e. The first kappa shape index (κ1) is 12.2. The zero-order valence-corrected chi connectivity index (χ0v) is 10.7. The average molecular weight is 254 g/mol. The van der Waals surface area contributed by atoms with Crippen molar-refractivity contribution in [2.45, 2.75) is 25.8 Å². The highest BCUT2D eigenvalue weighted by atomic mass is 35.5. The van der Waals surface area contributed by atoms with Crippen molar-refractivity contribution < 1.29 is 4.79 Å². The topological polar surface area (TPSA) is 59.2 Å². The minimum absolute atomic E-state index is 0.00559. The van der Waals surface area contributed by atoms with Gasteiger partial charge in [-0.2, -0.15) is 0 Å². The third-order valence-corrected chi connectivity index (χ3v) is 3.66. The van der Waals surface area contributed by atoms with E-state index in [0.717, 1.165) is 24.4 Å². The quantitative estimate of drug-likeness (QED) is 0.893. The first-order valence-electron chi connectivity index (χ1n) is 5.64. The molecule has 1 aliphatic carbocycles. The zero-order valence-electron chi connectivity index (χ0n) is 9.98. The van der Waals surface area contributed by atoms with Crippen LogP contribution in [0.5, 0.6) is 0 Å². The second-order valence-corrected chi connectivity index (χ2v) is 5.00. The molecule has 17 heavy (non-hydrogen) atoms. The molecule has 5 heteroatoms. The SMILES string of the molecule is Cc1ccc(Cl)c(N(C)C2CC(C(N)=O)C2)n1. The van der Waals surface area contributed by atoms with E-state index in [1.165, 1.54) is 0 Å². The predicted molar refractivity (Wildman–Crippen MR) is 68.1 cm³/mol. The summed E-state index contributed by atoms with van der Waals surface area (Å²) in [6.07, 6.45) is 1.58. The van der Waals surface area contributed by atoms with Gasteiger partial charge in [-0.3, -0.25) is 4.79 Å². The number of anilines is 1. The molecule has 4 nitrogen and oxygen atoms in total. The molecule has 0 spiro atoms. The van der Waals surface area contributed by atoms with Crippen LogP contribution >= 0.6 is 11.6 Å². The Balaban J connectivity index is 2.08. The fraction of sp³-hybridized carbons (Fsp3) is 0.500. The summed E-state index contributed by atoms with van der Waals surface area (Å²) in [5.41, 5.74) is 6.19. The van der Waals surface area contributed by atoms with E-state index in [2.05, 4.69) is 4.98 Å². The fourth-order valence-corrected chi connectivity index (χ4v) is 2.32. The second-order valence-electron chi connectivity index (χ2n) is 4.59. The predicted octanol–water partition coefficient (Wildman–Crippen LogP) is 1.74. The van der Waals surface area contributed by atoms with Crippen molar-refractivity contribution in [1.29, 1.82) is 0 Å². The van der Waals surface area contributed by atoms with Crippen molar-refractivity contribution in [1.82, 2.24) is 4.98 Å². The van der Waals surface area contributed by atoms with Crippen LogP contribution in [-0.2, 0) is 4.79 Å². The molecule has 92 valence electrons. The molecular formula is C12H16ClN3O. The molecule has 1 heterocycles. The van der Waals surface area contributed by atoms with Crippen molar-refractivity contribution >= 4 is 23.3 Å². The highest BCUT2D eigenvalue weighted by Crippen LogP contribution is 2.35. The number of hydrogen-bond donors (Lipinski definition) is 1. The van der Waals surface area contributed by atoms with E-state index in [0.29, 0.717) is 11.1 Å². The van der Waals surface area contributed by atoms with Crippen LogP contribution in [0.15, 0.2) is 12.1 Å². The molecule has 0 aliphatic heterocycles. The fourth-order valence-electron chi connectivity index (χ4n) is 2.08. The summed E-state index contributed by atoms with van der Waals surface area (Å²) in [7, 11) is 1.95. The molecule has 1 fully saturated rings. The van der Waals surface area contributed by atoms with Gasteiger partial charge >= 0.3 is 0 Å². The lowest BCUT2D eigenvalue weighted by Crippen LogP contribution is -2.47. The van der Waals surface area contributed by atoms with Crippen LogP contribution in [0.2, 0.25) is 5.02 Å². The molecule has 1 aromatic rings. The molecular weight excluding hydrogens is 238 g/mol. The van der Waals surface area contributed by atoms with E-state index in [1.807, 2.05) is 31.0 Å². The Bertz CT molecular complexity index is 443. The summed E-state index contributed by atoms with van der Waals surface area (Å²) >= 11 is 6.12. The number of aromatic nitrogens is 1. The third-order valence-electron chi connectivity index (χ3n) is 3.36. The van der Waals surface area contributed by atoms with E-state index >= 15 is 0 Å². The van der Waals surface area contributed by atoms with Gasteiger partial charge in [-0.1, -0.05) is 11.6 Å². The number of pyridine rings is 1. The van der Waals surface area contributed by atoms with Gasteiger partial charge in [-0.25, -0.2) is 4.98 Å². The number of amides is 1. The highest BCUT2D eigenvalue weighted by Gasteiger charge is 2.36. The van der Waals surface area contributed by atoms with E-state index in [9.17, 15) is 4.79 Å². The van der Waals surface area contributed by atoms with Crippen LogP contribution in [-0.4, -0.2) is 24.0 Å². The van der Waals surface area contributed by atoms with Crippen LogP contribution in [0.3, 0.4) is 0 Å². The monoisotopic (exact) mass is 253 g/mol. The van der Waals surface area contributed by atoms with E-state index in [1.54, 1.807) is 0 Å². The Hall–Kier alpha value is -1.29. The van der Waals surface area contributed by atoms with Gasteiger partial charge in [-0.15, -0.1) is 0 Å². The Labute approximate surface area is 106 Å². The molecule has 0 unspecified atom stereocenters. The number of carbonyl (C=O) groups excluding carboxylic acids is 1.